The van der Waals surface area contributed by atoms with E-state index in [0.717, 1.165) is 5.56 Å². The monoisotopic (exact) mass is 139 g/mol. The smallest absolute Gasteiger partial charge is 0.0855 e. The van der Waals surface area contributed by atoms with Gasteiger partial charge in [-0.1, -0.05) is 0 Å². The lowest BCUT2D eigenvalue weighted by molar-refractivity contribution is 0.0786. The van der Waals surface area contributed by atoms with Crippen LogP contribution in [0.1, 0.15) is 19.4 Å². The summed E-state index contributed by atoms with van der Waals surface area (Å²) in [6.45, 7) is 3.56. The fourth-order valence-electron chi connectivity index (χ4n) is 0.865. The van der Waals surface area contributed by atoms with Crippen molar-refractivity contribution in [2.45, 2.75) is 19.4 Å². The summed E-state index contributed by atoms with van der Waals surface area (Å²) in [5, 5.41) is 9.49. The van der Waals surface area contributed by atoms with E-state index < -0.39 is 5.60 Å². The van der Waals surface area contributed by atoms with Crippen molar-refractivity contribution in [2.24, 2.45) is 7.05 Å². The van der Waals surface area contributed by atoms with E-state index in [-0.39, 0.29) is 0 Å². The Balaban J connectivity index is 2.96. The Hall–Kier alpha value is -0.760. The number of aliphatic hydroxyl groups is 1. The standard InChI is InChI=1S/C8H13NO/c1-8(2,10)7-4-5-9(3)6-7/h4-6,10H,1-3H3. The normalized spacial score (nSPS) is 12.0. The molecule has 0 fully saturated rings. The van der Waals surface area contributed by atoms with Gasteiger partial charge in [-0.2, -0.15) is 0 Å². The largest absolute Gasteiger partial charge is 0.386 e. The molecule has 0 atom stereocenters. The van der Waals surface area contributed by atoms with Crippen molar-refractivity contribution >= 4 is 0 Å². The maximum absolute atomic E-state index is 9.49. The number of aromatic nitrogens is 1. The Morgan fingerprint density at radius 1 is 1.50 bits per heavy atom. The Bertz CT molecular complexity index is 219. The van der Waals surface area contributed by atoms with Gasteiger partial charge in [0.05, 0.1) is 5.60 Å². The van der Waals surface area contributed by atoms with E-state index >= 15 is 0 Å². The molecule has 1 aromatic rings. The van der Waals surface area contributed by atoms with Gasteiger partial charge in [0.25, 0.3) is 0 Å². The van der Waals surface area contributed by atoms with Gasteiger partial charge in [-0.25, -0.2) is 0 Å². The van der Waals surface area contributed by atoms with Crippen LogP contribution in [0.3, 0.4) is 0 Å². The molecule has 0 spiro atoms. The number of rotatable bonds is 1. The molecule has 56 valence electrons. The molecule has 0 amide bonds. The van der Waals surface area contributed by atoms with Crippen molar-refractivity contribution in [3.63, 3.8) is 0 Å². The highest BCUT2D eigenvalue weighted by Gasteiger charge is 2.15. The fraction of sp³-hybridized carbons (Fsp3) is 0.500. The predicted molar refractivity (Wildman–Crippen MR) is 40.7 cm³/mol. The third-order valence-electron chi connectivity index (χ3n) is 1.54. The summed E-state index contributed by atoms with van der Waals surface area (Å²) in [5.74, 6) is 0. The molecule has 0 aliphatic carbocycles. The van der Waals surface area contributed by atoms with Gasteiger partial charge >= 0.3 is 0 Å². The van der Waals surface area contributed by atoms with Gasteiger partial charge in [-0.3, -0.25) is 0 Å². The first kappa shape index (κ1) is 7.35. The Kier molecular flexibility index (Phi) is 1.57. The van der Waals surface area contributed by atoms with E-state index in [9.17, 15) is 5.11 Å². The third kappa shape index (κ3) is 1.39. The van der Waals surface area contributed by atoms with Crippen LogP contribution in [-0.2, 0) is 12.6 Å². The molecule has 0 radical (unpaired) electrons. The van der Waals surface area contributed by atoms with E-state index in [1.165, 1.54) is 0 Å². The van der Waals surface area contributed by atoms with Crippen LogP contribution >= 0.6 is 0 Å². The van der Waals surface area contributed by atoms with Crippen LogP contribution in [0, 0.1) is 0 Å². The van der Waals surface area contributed by atoms with Gasteiger partial charge in [0.15, 0.2) is 0 Å². The van der Waals surface area contributed by atoms with E-state index in [2.05, 4.69) is 0 Å². The quantitative estimate of drug-likeness (QED) is 0.622. The number of aryl methyl sites for hydroxylation is 1. The maximum atomic E-state index is 9.49. The van der Waals surface area contributed by atoms with Gasteiger partial charge in [-0.05, 0) is 19.9 Å². The molecule has 1 N–H and O–H groups in total. The summed E-state index contributed by atoms with van der Waals surface area (Å²) in [6.07, 6.45) is 3.84. The van der Waals surface area contributed by atoms with Crippen LogP contribution in [0.2, 0.25) is 0 Å². The van der Waals surface area contributed by atoms with E-state index in [1.54, 1.807) is 13.8 Å². The molecule has 0 aromatic carbocycles. The van der Waals surface area contributed by atoms with Crippen molar-refractivity contribution in [3.8, 4) is 0 Å². The van der Waals surface area contributed by atoms with E-state index in [0.29, 0.717) is 0 Å². The molecule has 1 rings (SSSR count). The fourth-order valence-corrected chi connectivity index (χ4v) is 0.865. The van der Waals surface area contributed by atoms with Gasteiger partial charge < -0.3 is 9.67 Å². The summed E-state index contributed by atoms with van der Waals surface area (Å²) < 4.78 is 1.92. The van der Waals surface area contributed by atoms with Crippen molar-refractivity contribution in [1.82, 2.24) is 4.57 Å². The summed E-state index contributed by atoms with van der Waals surface area (Å²) >= 11 is 0. The summed E-state index contributed by atoms with van der Waals surface area (Å²) in [6, 6.07) is 1.92. The molecule has 1 heterocycles. The highest BCUT2D eigenvalue weighted by Crippen LogP contribution is 2.18. The first-order valence-corrected chi connectivity index (χ1v) is 3.35. The minimum atomic E-state index is -0.707. The maximum Gasteiger partial charge on any atom is 0.0855 e. The summed E-state index contributed by atoms with van der Waals surface area (Å²) in [4.78, 5) is 0. The Morgan fingerprint density at radius 2 is 2.10 bits per heavy atom. The van der Waals surface area contributed by atoms with Crippen LogP contribution in [-0.4, -0.2) is 9.67 Å². The van der Waals surface area contributed by atoms with Crippen LogP contribution in [0.5, 0.6) is 0 Å². The predicted octanol–water partition coefficient (Wildman–Crippen LogP) is 1.25. The molecule has 0 aliphatic rings. The topological polar surface area (TPSA) is 25.2 Å². The van der Waals surface area contributed by atoms with Crippen LogP contribution < -0.4 is 0 Å². The van der Waals surface area contributed by atoms with Crippen LogP contribution in [0.25, 0.3) is 0 Å². The highest BCUT2D eigenvalue weighted by molar-refractivity contribution is 5.16. The number of hydrogen-bond acceptors (Lipinski definition) is 1. The molecule has 10 heavy (non-hydrogen) atoms. The number of hydrogen-bond donors (Lipinski definition) is 1. The minimum absolute atomic E-state index is 0.707. The third-order valence-corrected chi connectivity index (χ3v) is 1.54. The average Bonchev–Trinajstić information content (AvgIpc) is 2.11. The zero-order valence-corrected chi connectivity index (χ0v) is 6.63. The van der Waals surface area contributed by atoms with Gasteiger partial charge in [0.1, 0.15) is 0 Å². The number of nitrogens with zero attached hydrogens (tertiary/aromatic N) is 1. The Morgan fingerprint density at radius 3 is 2.30 bits per heavy atom. The molecule has 2 nitrogen and oxygen atoms in total. The zero-order valence-electron chi connectivity index (χ0n) is 6.63. The lowest BCUT2D eigenvalue weighted by Gasteiger charge is -2.14. The van der Waals surface area contributed by atoms with Gasteiger partial charge in [0.2, 0.25) is 0 Å². The second-order valence-electron chi connectivity index (χ2n) is 3.12. The van der Waals surface area contributed by atoms with Crippen molar-refractivity contribution < 1.29 is 5.11 Å². The van der Waals surface area contributed by atoms with Crippen LogP contribution in [0.4, 0.5) is 0 Å². The van der Waals surface area contributed by atoms with Gasteiger partial charge in [0, 0.05) is 25.0 Å². The van der Waals surface area contributed by atoms with E-state index in [4.69, 9.17) is 0 Å². The van der Waals surface area contributed by atoms with Crippen molar-refractivity contribution in [1.29, 1.82) is 0 Å². The molecular weight excluding hydrogens is 126 g/mol. The Labute approximate surface area is 61.1 Å². The molecule has 0 saturated heterocycles. The summed E-state index contributed by atoms with van der Waals surface area (Å²) in [7, 11) is 1.94. The van der Waals surface area contributed by atoms with Crippen molar-refractivity contribution in [3.05, 3.63) is 24.0 Å². The lowest BCUT2D eigenvalue weighted by atomic mass is 10.0. The van der Waals surface area contributed by atoms with Gasteiger partial charge in [-0.15, -0.1) is 0 Å². The molecular formula is C8H13NO. The average molecular weight is 139 g/mol. The first-order valence-electron chi connectivity index (χ1n) is 3.35. The molecule has 0 aliphatic heterocycles. The lowest BCUT2D eigenvalue weighted by Crippen LogP contribution is -2.14. The van der Waals surface area contributed by atoms with E-state index in [1.807, 2.05) is 30.1 Å². The molecule has 1 aromatic heterocycles. The van der Waals surface area contributed by atoms with Crippen molar-refractivity contribution in [2.75, 3.05) is 0 Å². The first-order chi connectivity index (χ1) is 4.50. The minimum Gasteiger partial charge on any atom is -0.386 e. The van der Waals surface area contributed by atoms with Crippen LogP contribution in [0.15, 0.2) is 18.5 Å². The SMILES string of the molecule is Cn1ccc(C(C)(C)O)c1. The second kappa shape index (κ2) is 2.13. The zero-order chi connectivity index (χ0) is 7.78. The second-order valence-corrected chi connectivity index (χ2v) is 3.12. The molecule has 0 bridgehead atoms. The summed E-state index contributed by atoms with van der Waals surface area (Å²) in [5.41, 5.74) is 0.247. The molecule has 2 heteroatoms. The molecule has 0 unspecified atom stereocenters. The highest BCUT2D eigenvalue weighted by atomic mass is 16.3. The molecule has 0 saturated carbocycles.